The highest BCUT2D eigenvalue weighted by molar-refractivity contribution is 5.89. The molecule has 2 N–H and O–H groups in total. The number of esters is 1. The van der Waals surface area contributed by atoms with Crippen LogP contribution < -0.4 is 10.6 Å². The summed E-state index contributed by atoms with van der Waals surface area (Å²) in [4.78, 5) is 37.4. The molecule has 1 aromatic carbocycles. The molecule has 1 aliphatic heterocycles. The first-order valence-electron chi connectivity index (χ1n) is 8.52. The Labute approximate surface area is 147 Å². The molecule has 0 atom stereocenters. The second kappa shape index (κ2) is 9.05. The van der Waals surface area contributed by atoms with Gasteiger partial charge in [-0.1, -0.05) is 18.2 Å². The van der Waals surface area contributed by atoms with Crippen molar-refractivity contribution in [3.63, 3.8) is 0 Å². The van der Waals surface area contributed by atoms with Crippen molar-refractivity contribution in [3.8, 4) is 0 Å². The van der Waals surface area contributed by atoms with Crippen molar-refractivity contribution in [1.29, 1.82) is 0 Å². The van der Waals surface area contributed by atoms with Crippen LogP contribution in [0.1, 0.15) is 26.7 Å². The third-order valence-electron chi connectivity index (χ3n) is 3.94. The minimum absolute atomic E-state index is 0.0116. The maximum absolute atomic E-state index is 12.2. The quantitative estimate of drug-likeness (QED) is 0.798. The minimum Gasteiger partial charge on any atom is -0.455 e. The number of nitrogens with one attached hydrogen (secondary N) is 2. The van der Waals surface area contributed by atoms with Crippen molar-refractivity contribution < 1.29 is 19.1 Å². The first kappa shape index (κ1) is 18.8. The van der Waals surface area contributed by atoms with Crippen molar-refractivity contribution >= 4 is 23.6 Å². The number of hydrogen-bond acceptors (Lipinski definition) is 4. The van der Waals surface area contributed by atoms with Gasteiger partial charge >= 0.3 is 12.0 Å². The van der Waals surface area contributed by atoms with Crippen molar-refractivity contribution in [2.75, 3.05) is 25.0 Å². The lowest BCUT2D eigenvalue weighted by Crippen LogP contribution is -2.43. The van der Waals surface area contributed by atoms with E-state index >= 15 is 0 Å². The van der Waals surface area contributed by atoms with Crippen molar-refractivity contribution in [3.05, 3.63) is 30.3 Å². The molecule has 136 valence electrons. The highest BCUT2D eigenvalue weighted by Crippen LogP contribution is 2.19. The molecule has 0 aromatic heterocycles. The highest BCUT2D eigenvalue weighted by atomic mass is 16.5. The number of amides is 3. The molecule has 1 aliphatic rings. The second-order valence-corrected chi connectivity index (χ2v) is 6.39. The first-order valence-corrected chi connectivity index (χ1v) is 8.52. The molecule has 7 heteroatoms. The fourth-order valence-electron chi connectivity index (χ4n) is 2.66. The second-order valence-electron chi connectivity index (χ2n) is 6.39. The molecule has 0 radical (unpaired) electrons. The molecule has 1 aromatic rings. The number of nitrogens with zero attached hydrogens (tertiary/aromatic N) is 1. The van der Waals surface area contributed by atoms with Crippen LogP contribution in [0.25, 0.3) is 0 Å². The van der Waals surface area contributed by atoms with Gasteiger partial charge in [0, 0.05) is 24.8 Å². The van der Waals surface area contributed by atoms with Gasteiger partial charge in [0.25, 0.3) is 5.91 Å². The Morgan fingerprint density at radius 3 is 2.40 bits per heavy atom. The number of carbonyl (C=O) groups is 3. The summed E-state index contributed by atoms with van der Waals surface area (Å²) in [5.41, 5.74) is 0.741. The van der Waals surface area contributed by atoms with Gasteiger partial charge < -0.3 is 20.3 Å². The maximum Gasteiger partial charge on any atom is 0.321 e. The maximum atomic E-state index is 12.2. The van der Waals surface area contributed by atoms with Crippen LogP contribution in [0, 0.1) is 5.92 Å². The Morgan fingerprint density at radius 1 is 1.16 bits per heavy atom. The smallest absolute Gasteiger partial charge is 0.321 e. The average Bonchev–Trinajstić information content (AvgIpc) is 2.60. The topological polar surface area (TPSA) is 87.7 Å². The van der Waals surface area contributed by atoms with Crippen LogP contribution in [0.15, 0.2) is 30.3 Å². The highest BCUT2D eigenvalue weighted by Gasteiger charge is 2.28. The number of likely N-dealkylation sites (tertiary alicyclic amines) is 1. The van der Waals surface area contributed by atoms with Crippen molar-refractivity contribution in [1.82, 2.24) is 10.2 Å². The summed E-state index contributed by atoms with van der Waals surface area (Å²) >= 11 is 0. The fraction of sp³-hybridized carbons (Fsp3) is 0.500. The Bertz CT molecular complexity index is 596. The summed E-state index contributed by atoms with van der Waals surface area (Å²) in [5.74, 6) is -0.947. The van der Waals surface area contributed by atoms with Gasteiger partial charge in [0.15, 0.2) is 6.61 Å². The van der Waals surface area contributed by atoms with Crippen LogP contribution in [-0.2, 0) is 14.3 Å². The summed E-state index contributed by atoms with van der Waals surface area (Å²) in [5, 5.41) is 5.50. The summed E-state index contributed by atoms with van der Waals surface area (Å²) < 4.78 is 5.07. The normalized spacial score (nSPS) is 14.9. The van der Waals surface area contributed by atoms with E-state index < -0.39 is 0 Å². The lowest BCUT2D eigenvalue weighted by Gasteiger charge is -2.30. The lowest BCUT2D eigenvalue weighted by molar-refractivity contribution is -0.153. The number of rotatable bonds is 5. The van der Waals surface area contributed by atoms with E-state index in [4.69, 9.17) is 4.74 Å². The van der Waals surface area contributed by atoms with E-state index in [0.29, 0.717) is 25.9 Å². The van der Waals surface area contributed by atoms with Crippen LogP contribution in [0.4, 0.5) is 10.5 Å². The summed E-state index contributed by atoms with van der Waals surface area (Å²) in [6.45, 7) is 4.39. The van der Waals surface area contributed by atoms with Crippen LogP contribution in [-0.4, -0.2) is 48.5 Å². The molecule has 0 bridgehead atoms. The number of anilines is 1. The van der Waals surface area contributed by atoms with Crippen LogP contribution in [0.3, 0.4) is 0 Å². The van der Waals surface area contributed by atoms with Gasteiger partial charge in [-0.05, 0) is 38.8 Å². The van der Waals surface area contributed by atoms with E-state index in [1.807, 2.05) is 44.2 Å². The monoisotopic (exact) mass is 347 g/mol. The predicted octanol–water partition coefficient (Wildman–Crippen LogP) is 2.00. The number of para-hydroxylation sites is 1. The first-order chi connectivity index (χ1) is 12.0. The number of hydrogen-bond donors (Lipinski definition) is 2. The van der Waals surface area contributed by atoms with Gasteiger partial charge in [-0.15, -0.1) is 0 Å². The molecule has 3 amide bonds. The zero-order valence-electron chi connectivity index (χ0n) is 14.7. The minimum atomic E-state index is -0.373. The van der Waals surface area contributed by atoms with Gasteiger partial charge in [0.05, 0.1) is 5.92 Å². The van der Waals surface area contributed by atoms with E-state index in [1.54, 1.807) is 4.90 Å². The van der Waals surface area contributed by atoms with Crippen molar-refractivity contribution in [2.24, 2.45) is 5.92 Å². The van der Waals surface area contributed by atoms with Crippen LogP contribution in [0.2, 0.25) is 0 Å². The third kappa shape index (κ3) is 6.10. The largest absolute Gasteiger partial charge is 0.455 e. The number of ether oxygens (including phenoxy) is 1. The summed E-state index contributed by atoms with van der Waals surface area (Å²) in [6.07, 6.45) is 1.07. The Hall–Kier alpha value is -2.57. The number of piperidine rings is 1. The number of benzene rings is 1. The molecule has 1 saturated heterocycles. The molecule has 2 rings (SSSR count). The van der Waals surface area contributed by atoms with E-state index in [2.05, 4.69) is 10.6 Å². The Morgan fingerprint density at radius 2 is 1.80 bits per heavy atom. The Balaban J connectivity index is 1.72. The standard InChI is InChI=1S/C18H25N3O4/c1-13(2)19-16(22)12-25-17(23)14-8-10-21(11-9-14)18(24)20-15-6-4-3-5-7-15/h3-7,13-14H,8-12H2,1-2H3,(H,19,22)(H,20,24). The molecular formula is C18H25N3O4. The van der Waals surface area contributed by atoms with E-state index in [1.165, 1.54) is 0 Å². The molecule has 0 unspecified atom stereocenters. The zero-order chi connectivity index (χ0) is 18.2. The van der Waals surface area contributed by atoms with Gasteiger partial charge in [-0.25, -0.2) is 4.79 Å². The molecule has 1 fully saturated rings. The van der Waals surface area contributed by atoms with Crippen LogP contribution >= 0.6 is 0 Å². The molecule has 1 heterocycles. The molecular weight excluding hydrogens is 322 g/mol. The van der Waals surface area contributed by atoms with Crippen LogP contribution in [0.5, 0.6) is 0 Å². The van der Waals surface area contributed by atoms with E-state index in [-0.39, 0.29) is 36.5 Å². The predicted molar refractivity (Wildman–Crippen MR) is 94.0 cm³/mol. The third-order valence-corrected chi connectivity index (χ3v) is 3.94. The molecule has 7 nitrogen and oxygen atoms in total. The molecule has 0 aliphatic carbocycles. The molecule has 0 saturated carbocycles. The van der Waals surface area contributed by atoms with Gasteiger partial charge in [-0.3, -0.25) is 9.59 Å². The average molecular weight is 347 g/mol. The molecule has 25 heavy (non-hydrogen) atoms. The summed E-state index contributed by atoms with van der Waals surface area (Å²) in [6, 6.07) is 9.08. The number of carbonyl (C=O) groups excluding carboxylic acids is 3. The SMILES string of the molecule is CC(C)NC(=O)COC(=O)C1CCN(C(=O)Nc2ccccc2)CC1. The molecule has 0 spiro atoms. The van der Waals surface area contributed by atoms with Gasteiger partial charge in [0.1, 0.15) is 0 Å². The Kier molecular flexibility index (Phi) is 6.80. The zero-order valence-corrected chi connectivity index (χ0v) is 14.7. The number of urea groups is 1. The van der Waals surface area contributed by atoms with Gasteiger partial charge in [-0.2, -0.15) is 0 Å². The fourth-order valence-corrected chi connectivity index (χ4v) is 2.66. The van der Waals surface area contributed by atoms with E-state index in [9.17, 15) is 14.4 Å². The van der Waals surface area contributed by atoms with Gasteiger partial charge in [0.2, 0.25) is 0 Å². The summed E-state index contributed by atoms with van der Waals surface area (Å²) in [7, 11) is 0. The van der Waals surface area contributed by atoms with E-state index in [0.717, 1.165) is 5.69 Å². The van der Waals surface area contributed by atoms with Crippen molar-refractivity contribution in [2.45, 2.75) is 32.7 Å². The lowest BCUT2D eigenvalue weighted by atomic mass is 9.97.